The summed E-state index contributed by atoms with van der Waals surface area (Å²) >= 11 is 2.12. The lowest BCUT2D eigenvalue weighted by molar-refractivity contribution is -0.135. The first kappa shape index (κ1) is 27.7. The van der Waals surface area contributed by atoms with Gasteiger partial charge in [0.1, 0.15) is 0 Å². The number of carbonyl (C=O) groups is 1. The number of nitrogens with one attached hydrogen (secondary N) is 2. The summed E-state index contributed by atoms with van der Waals surface area (Å²) in [5, 5.41) is 7.79. The molecular weight excluding hydrogens is 508 g/mol. The smallest absolute Gasteiger partial charge is 0.246 e. The van der Waals surface area contributed by atoms with Gasteiger partial charge in [-0.2, -0.15) is 0 Å². The summed E-state index contributed by atoms with van der Waals surface area (Å²) in [5.74, 6) is 0.464. The Balaban J connectivity index is 1.20. The largest absolute Gasteiger partial charge is 0.348 e. The standard InChI is InChI=1S/C30H46N6O2S/c1-4-27(37)36-14-13-35(18-22(36)17-31)28-23-10-11-30(15-24-20(2)7-5-9-26(24)39-30)16-25(23)32-29(33-28)38-19-21-8-6-12-34(21)3/h4-5,7,9,21-23,25,28-29,32-33H,1,6,8,10-19,31H2,2-3H3/t21?,22?,23?,25?,28?,29?,30-/m1/s1. The lowest BCUT2D eigenvalue weighted by atomic mass is 9.72. The molecule has 39 heavy (non-hydrogen) atoms. The molecule has 7 atom stereocenters. The van der Waals surface area contributed by atoms with Crippen LogP contribution in [0.4, 0.5) is 0 Å². The summed E-state index contributed by atoms with van der Waals surface area (Å²) in [6.45, 7) is 10.6. The minimum absolute atomic E-state index is 0.00341. The van der Waals surface area contributed by atoms with Gasteiger partial charge in [-0.1, -0.05) is 18.7 Å². The molecule has 1 aromatic rings. The number of rotatable bonds is 6. The van der Waals surface area contributed by atoms with Gasteiger partial charge < -0.3 is 20.3 Å². The molecule has 214 valence electrons. The summed E-state index contributed by atoms with van der Waals surface area (Å²) in [4.78, 5) is 20.8. The number of hydrogen-bond donors (Lipinski definition) is 3. The molecule has 6 unspecified atom stereocenters. The van der Waals surface area contributed by atoms with Gasteiger partial charge in [-0.15, -0.1) is 11.8 Å². The Morgan fingerprint density at radius 1 is 1.26 bits per heavy atom. The average Bonchev–Trinajstić information content (AvgIpc) is 3.53. The van der Waals surface area contributed by atoms with Crippen LogP contribution in [0.2, 0.25) is 0 Å². The van der Waals surface area contributed by atoms with E-state index in [2.05, 4.69) is 70.9 Å². The molecule has 1 amide bonds. The van der Waals surface area contributed by atoms with E-state index in [1.54, 1.807) is 5.56 Å². The number of nitrogens with two attached hydrogens (primary N) is 1. The molecule has 1 aromatic carbocycles. The van der Waals surface area contributed by atoms with Gasteiger partial charge in [0.15, 0.2) is 6.35 Å². The Hall–Kier alpha value is -1.46. The van der Waals surface area contributed by atoms with Crippen molar-refractivity contribution in [3.8, 4) is 0 Å². The second-order valence-electron chi connectivity index (χ2n) is 12.4. The number of likely N-dealkylation sites (tertiary alicyclic amines) is 1. The Morgan fingerprint density at radius 2 is 2.13 bits per heavy atom. The van der Waals surface area contributed by atoms with E-state index in [-0.39, 0.29) is 29.2 Å². The average molecular weight is 555 g/mol. The van der Waals surface area contributed by atoms with E-state index in [9.17, 15) is 4.79 Å². The maximum absolute atomic E-state index is 12.5. The Kier molecular flexibility index (Phi) is 8.12. The molecule has 4 aliphatic heterocycles. The van der Waals surface area contributed by atoms with Gasteiger partial charge in [0, 0.05) is 53.8 Å². The number of likely N-dealkylation sites (N-methyl/N-ethyl adjacent to an activating group) is 1. The molecule has 5 aliphatic rings. The molecule has 1 aliphatic carbocycles. The molecule has 0 bridgehead atoms. The predicted octanol–water partition coefficient (Wildman–Crippen LogP) is 2.12. The highest BCUT2D eigenvalue weighted by Crippen LogP contribution is 2.55. The highest BCUT2D eigenvalue weighted by molar-refractivity contribution is 8.01. The maximum Gasteiger partial charge on any atom is 0.246 e. The van der Waals surface area contributed by atoms with Gasteiger partial charge in [-0.3, -0.25) is 20.3 Å². The van der Waals surface area contributed by atoms with Crippen LogP contribution in [-0.4, -0.2) is 102 Å². The molecule has 4 fully saturated rings. The van der Waals surface area contributed by atoms with Crippen molar-refractivity contribution in [1.29, 1.82) is 0 Å². The fourth-order valence-electron chi connectivity index (χ4n) is 7.82. The van der Waals surface area contributed by atoms with Crippen molar-refractivity contribution >= 4 is 17.7 Å². The van der Waals surface area contributed by atoms with Gasteiger partial charge in [-0.25, -0.2) is 0 Å². The molecule has 8 nitrogen and oxygen atoms in total. The van der Waals surface area contributed by atoms with E-state index in [1.165, 1.54) is 48.6 Å². The number of ether oxygens (including phenoxy) is 1. The van der Waals surface area contributed by atoms with Crippen LogP contribution < -0.4 is 16.4 Å². The van der Waals surface area contributed by atoms with Crippen LogP contribution in [0.15, 0.2) is 35.7 Å². The van der Waals surface area contributed by atoms with Crippen LogP contribution in [0.25, 0.3) is 0 Å². The van der Waals surface area contributed by atoms with Crippen LogP contribution in [0.3, 0.4) is 0 Å². The predicted molar refractivity (Wildman–Crippen MR) is 156 cm³/mol. The molecule has 3 saturated heterocycles. The van der Waals surface area contributed by atoms with E-state index in [0.29, 0.717) is 31.1 Å². The Morgan fingerprint density at radius 3 is 2.87 bits per heavy atom. The topological polar surface area (TPSA) is 86.1 Å². The van der Waals surface area contributed by atoms with Gasteiger partial charge in [0.05, 0.1) is 18.8 Å². The number of carbonyl (C=O) groups excluding carboxylic acids is 1. The molecule has 0 radical (unpaired) electrons. The molecule has 6 rings (SSSR count). The van der Waals surface area contributed by atoms with Crippen LogP contribution in [-0.2, 0) is 16.0 Å². The van der Waals surface area contributed by atoms with Crippen molar-refractivity contribution in [2.24, 2.45) is 11.7 Å². The van der Waals surface area contributed by atoms with Gasteiger partial charge >= 0.3 is 0 Å². The number of nitrogens with zero attached hydrogens (tertiary/aromatic N) is 3. The number of aryl methyl sites for hydroxylation is 1. The molecule has 1 saturated carbocycles. The van der Waals surface area contributed by atoms with E-state index in [4.69, 9.17) is 10.5 Å². The highest BCUT2D eigenvalue weighted by Gasteiger charge is 2.51. The summed E-state index contributed by atoms with van der Waals surface area (Å²) in [7, 11) is 2.21. The number of thioether (sulfide) groups is 1. The van der Waals surface area contributed by atoms with E-state index in [1.807, 2.05) is 4.90 Å². The first-order valence-corrected chi connectivity index (χ1v) is 15.7. The second-order valence-corrected chi connectivity index (χ2v) is 13.9. The zero-order valence-corrected chi connectivity index (χ0v) is 24.4. The van der Waals surface area contributed by atoms with Crippen molar-refractivity contribution in [1.82, 2.24) is 25.3 Å². The van der Waals surface area contributed by atoms with Crippen molar-refractivity contribution in [2.75, 3.05) is 46.4 Å². The van der Waals surface area contributed by atoms with Crippen molar-refractivity contribution in [2.45, 2.75) is 85.7 Å². The molecule has 1 spiro atoms. The Labute approximate surface area is 238 Å². The van der Waals surface area contributed by atoms with Crippen molar-refractivity contribution in [3.63, 3.8) is 0 Å². The molecule has 4 heterocycles. The summed E-state index contributed by atoms with van der Waals surface area (Å²) in [5.41, 5.74) is 9.16. The quantitative estimate of drug-likeness (QED) is 0.461. The van der Waals surface area contributed by atoms with E-state index >= 15 is 0 Å². The fourth-order valence-corrected chi connectivity index (χ4v) is 9.49. The maximum atomic E-state index is 12.5. The van der Waals surface area contributed by atoms with Gasteiger partial charge in [0.2, 0.25) is 5.91 Å². The third-order valence-electron chi connectivity index (χ3n) is 10.1. The van der Waals surface area contributed by atoms with Crippen molar-refractivity contribution in [3.05, 3.63) is 42.0 Å². The molecular formula is C30H46N6O2S. The second kappa shape index (κ2) is 11.4. The lowest BCUT2D eigenvalue weighted by Gasteiger charge is -2.55. The van der Waals surface area contributed by atoms with Crippen LogP contribution in [0.1, 0.15) is 43.2 Å². The van der Waals surface area contributed by atoms with Crippen molar-refractivity contribution < 1.29 is 9.53 Å². The number of benzene rings is 1. The first-order chi connectivity index (χ1) is 18.9. The number of piperazine rings is 1. The van der Waals surface area contributed by atoms with Crippen LogP contribution >= 0.6 is 11.8 Å². The third kappa shape index (κ3) is 5.44. The summed E-state index contributed by atoms with van der Waals surface area (Å²) < 4.78 is 6.83. The normalized spacial score (nSPS) is 37.2. The monoisotopic (exact) mass is 554 g/mol. The van der Waals surface area contributed by atoms with E-state index in [0.717, 1.165) is 32.7 Å². The number of amides is 1. The first-order valence-electron chi connectivity index (χ1n) is 14.9. The minimum atomic E-state index is -0.180. The fraction of sp³-hybridized carbons (Fsp3) is 0.700. The van der Waals surface area contributed by atoms with Crippen LogP contribution in [0.5, 0.6) is 0 Å². The Bertz CT molecular complexity index is 1070. The lowest BCUT2D eigenvalue weighted by Crippen LogP contribution is -2.73. The molecule has 0 aromatic heterocycles. The van der Waals surface area contributed by atoms with Gasteiger partial charge in [0.25, 0.3) is 0 Å². The highest BCUT2D eigenvalue weighted by atomic mass is 32.2. The third-order valence-corrected chi connectivity index (χ3v) is 11.6. The zero-order valence-electron chi connectivity index (χ0n) is 23.6. The zero-order chi connectivity index (χ0) is 27.1. The SMILES string of the molecule is C=CC(=O)N1CCN(C2NC(OCC3CCCN3C)NC3C[C@@]4(CCC32)Cc2c(C)cccc2S4)CC1CN. The molecule has 4 N–H and O–H groups in total. The number of fused-ring (bicyclic) bond motifs is 2. The minimum Gasteiger partial charge on any atom is -0.348 e. The summed E-state index contributed by atoms with van der Waals surface area (Å²) in [6.07, 6.45) is 8.59. The number of hydrogen-bond acceptors (Lipinski definition) is 8. The van der Waals surface area contributed by atoms with E-state index < -0.39 is 0 Å². The summed E-state index contributed by atoms with van der Waals surface area (Å²) in [6, 6.07) is 7.65. The van der Waals surface area contributed by atoms with Crippen LogP contribution in [0, 0.1) is 12.8 Å². The molecule has 9 heteroatoms. The van der Waals surface area contributed by atoms with Gasteiger partial charge in [-0.05, 0) is 82.3 Å².